The van der Waals surface area contributed by atoms with Crippen molar-refractivity contribution in [1.29, 1.82) is 0 Å². The molecule has 0 aliphatic carbocycles. The highest BCUT2D eigenvalue weighted by Crippen LogP contribution is 2.32. The zero-order valence-corrected chi connectivity index (χ0v) is 12.9. The Kier molecular flexibility index (Phi) is 4.68. The zero-order valence-electron chi connectivity index (χ0n) is 12.1. The van der Waals surface area contributed by atoms with Gasteiger partial charge in [-0.15, -0.1) is 11.3 Å². The third-order valence-electron chi connectivity index (χ3n) is 3.37. The van der Waals surface area contributed by atoms with Crippen molar-refractivity contribution in [3.8, 4) is 0 Å². The number of hydrogen-bond acceptors (Lipinski definition) is 3. The third-order valence-corrected chi connectivity index (χ3v) is 4.36. The Morgan fingerprint density at radius 1 is 1.29 bits per heavy atom. The fourth-order valence-electron chi connectivity index (χ4n) is 2.28. The van der Waals surface area contributed by atoms with Crippen LogP contribution in [0.25, 0.3) is 0 Å². The van der Waals surface area contributed by atoms with Crippen LogP contribution in [0.2, 0.25) is 0 Å². The van der Waals surface area contributed by atoms with Gasteiger partial charge in [0.05, 0.1) is 10.6 Å². The Hall–Kier alpha value is -1.40. The van der Waals surface area contributed by atoms with Crippen LogP contribution in [0.1, 0.15) is 33.4 Å². The summed E-state index contributed by atoms with van der Waals surface area (Å²) in [7, 11) is 1.81. The maximum absolute atomic E-state index is 12.7. The molecule has 21 heavy (non-hydrogen) atoms. The molecule has 1 unspecified atom stereocenters. The van der Waals surface area contributed by atoms with Gasteiger partial charge in [-0.2, -0.15) is 13.2 Å². The van der Waals surface area contributed by atoms with Crippen LogP contribution in [0.15, 0.2) is 23.6 Å². The van der Waals surface area contributed by atoms with Gasteiger partial charge in [0.1, 0.15) is 0 Å². The number of nitrogens with zero attached hydrogens (tertiary/aromatic N) is 1. The molecule has 0 radical (unpaired) electrons. The number of hydrogen-bond donors (Lipinski definition) is 1. The molecule has 1 heterocycles. The third kappa shape index (κ3) is 3.83. The second kappa shape index (κ2) is 6.15. The number of aromatic nitrogens is 1. The second-order valence-electron chi connectivity index (χ2n) is 5.00. The van der Waals surface area contributed by atoms with Gasteiger partial charge >= 0.3 is 6.18 Å². The van der Waals surface area contributed by atoms with E-state index in [1.807, 2.05) is 19.4 Å². The highest BCUT2D eigenvalue weighted by molar-refractivity contribution is 7.09. The van der Waals surface area contributed by atoms with Gasteiger partial charge in [-0.1, -0.05) is 6.07 Å². The van der Waals surface area contributed by atoms with Crippen molar-refractivity contribution in [1.82, 2.24) is 10.3 Å². The topological polar surface area (TPSA) is 24.9 Å². The first-order valence-corrected chi connectivity index (χ1v) is 7.45. The Balaban J connectivity index is 2.26. The van der Waals surface area contributed by atoms with Crippen molar-refractivity contribution >= 4 is 11.3 Å². The summed E-state index contributed by atoms with van der Waals surface area (Å²) in [6, 6.07) is 3.85. The van der Waals surface area contributed by atoms with Crippen molar-refractivity contribution in [2.24, 2.45) is 0 Å². The van der Waals surface area contributed by atoms with Gasteiger partial charge in [-0.05, 0) is 44.2 Å². The first-order valence-electron chi connectivity index (χ1n) is 6.57. The molecule has 0 saturated heterocycles. The smallest absolute Gasteiger partial charge is 0.313 e. The molecular formula is C15H17F3N2S. The largest absolute Gasteiger partial charge is 0.416 e. The van der Waals surface area contributed by atoms with E-state index in [-0.39, 0.29) is 6.04 Å². The summed E-state index contributed by atoms with van der Waals surface area (Å²) in [6.07, 6.45) is -3.63. The van der Waals surface area contributed by atoms with Crippen molar-refractivity contribution in [2.75, 3.05) is 7.05 Å². The summed E-state index contributed by atoms with van der Waals surface area (Å²) in [5, 5.41) is 6.11. The summed E-state index contributed by atoms with van der Waals surface area (Å²) in [5.74, 6) is 0. The number of rotatable bonds is 4. The van der Waals surface area contributed by atoms with Crippen molar-refractivity contribution in [2.45, 2.75) is 32.5 Å². The molecule has 1 atom stereocenters. The SMILES string of the molecule is CNC(Cc1nc(C)cs1)c1ccc(C(F)(F)F)cc1C. The molecule has 6 heteroatoms. The Morgan fingerprint density at radius 2 is 2.00 bits per heavy atom. The molecule has 1 N–H and O–H groups in total. The van der Waals surface area contributed by atoms with Crippen LogP contribution in [-0.2, 0) is 12.6 Å². The molecule has 1 aromatic carbocycles. The summed E-state index contributed by atoms with van der Waals surface area (Å²) >= 11 is 1.57. The Labute approximate surface area is 126 Å². The van der Waals surface area contributed by atoms with Gasteiger partial charge < -0.3 is 5.32 Å². The average Bonchev–Trinajstić information content (AvgIpc) is 2.81. The minimum absolute atomic E-state index is 0.0437. The summed E-state index contributed by atoms with van der Waals surface area (Å²) < 4.78 is 38.1. The van der Waals surface area contributed by atoms with E-state index in [0.717, 1.165) is 22.3 Å². The molecular weight excluding hydrogens is 297 g/mol. The van der Waals surface area contributed by atoms with Crippen LogP contribution >= 0.6 is 11.3 Å². The van der Waals surface area contributed by atoms with Crippen molar-refractivity contribution in [3.05, 3.63) is 51.0 Å². The molecule has 0 saturated carbocycles. The monoisotopic (exact) mass is 314 g/mol. The van der Waals surface area contributed by atoms with Crippen LogP contribution in [-0.4, -0.2) is 12.0 Å². The van der Waals surface area contributed by atoms with Crippen LogP contribution in [0.3, 0.4) is 0 Å². The van der Waals surface area contributed by atoms with Gasteiger partial charge in [0.2, 0.25) is 0 Å². The van der Waals surface area contributed by atoms with Gasteiger partial charge in [-0.3, -0.25) is 0 Å². The molecule has 114 valence electrons. The average molecular weight is 314 g/mol. The molecule has 0 fully saturated rings. The number of nitrogens with one attached hydrogen (secondary N) is 1. The summed E-state index contributed by atoms with van der Waals surface area (Å²) in [5.41, 5.74) is 1.87. The normalized spacial score (nSPS) is 13.4. The van der Waals surface area contributed by atoms with Crippen LogP contribution in [0.4, 0.5) is 13.2 Å². The summed E-state index contributed by atoms with van der Waals surface area (Å²) in [6.45, 7) is 3.64. The molecule has 1 aromatic heterocycles. The number of aryl methyl sites for hydroxylation is 2. The van der Waals surface area contributed by atoms with Gasteiger partial charge in [0.25, 0.3) is 0 Å². The van der Waals surface area contributed by atoms with E-state index < -0.39 is 11.7 Å². The van der Waals surface area contributed by atoms with E-state index in [9.17, 15) is 13.2 Å². The van der Waals surface area contributed by atoms with Crippen LogP contribution < -0.4 is 5.32 Å². The second-order valence-corrected chi connectivity index (χ2v) is 5.94. The van der Waals surface area contributed by atoms with E-state index in [1.165, 1.54) is 6.07 Å². The number of benzene rings is 1. The molecule has 0 amide bonds. The lowest BCUT2D eigenvalue weighted by molar-refractivity contribution is -0.137. The van der Waals surface area contributed by atoms with E-state index in [0.29, 0.717) is 12.0 Å². The first kappa shape index (κ1) is 16.0. The predicted molar refractivity (Wildman–Crippen MR) is 78.5 cm³/mol. The van der Waals surface area contributed by atoms with Crippen molar-refractivity contribution in [3.63, 3.8) is 0 Å². The van der Waals surface area contributed by atoms with Crippen LogP contribution in [0, 0.1) is 13.8 Å². The molecule has 0 bridgehead atoms. The Morgan fingerprint density at radius 3 is 2.48 bits per heavy atom. The fraction of sp³-hybridized carbons (Fsp3) is 0.400. The van der Waals surface area contributed by atoms with Crippen molar-refractivity contribution < 1.29 is 13.2 Å². The fourth-order valence-corrected chi connectivity index (χ4v) is 3.10. The standard InChI is InChI=1S/C15H17F3N2S/c1-9-6-11(15(16,17)18)4-5-12(9)13(19-3)7-14-20-10(2)8-21-14/h4-6,8,13,19H,7H2,1-3H3. The predicted octanol–water partition coefficient (Wildman–Crippen LogP) is 4.28. The zero-order chi connectivity index (χ0) is 15.6. The summed E-state index contributed by atoms with van der Waals surface area (Å²) in [4.78, 5) is 4.41. The first-order chi connectivity index (χ1) is 9.81. The van der Waals surface area contributed by atoms with E-state index in [4.69, 9.17) is 0 Å². The lowest BCUT2D eigenvalue weighted by Crippen LogP contribution is -2.20. The number of thiazole rings is 1. The lowest BCUT2D eigenvalue weighted by atomic mass is 9.97. The van der Waals surface area contributed by atoms with E-state index >= 15 is 0 Å². The van der Waals surface area contributed by atoms with Crippen LogP contribution in [0.5, 0.6) is 0 Å². The van der Waals surface area contributed by atoms with E-state index in [1.54, 1.807) is 24.3 Å². The van der Waals surface area contributed by atoms with E-state index in [2.05, 4.69) is 10.3 Å². The molecule has 2 aromatic rings. The maximum atomic E-state index is 12.7. The highest BCUT2D eigenvalue weighted by atomic mass is 32.1. The molecule has 0 spiro atoms. The molecule has 0 aliphatic heterocycles. The maximum Gasteiger partial charge on any atom is 0.416 e. The quantitative estimate of drug-likeness (QED) is 0.911. The van der Waals surface area contributed by atoms with Gasteiger partial charge in [0.15, 0.2) is 0 Å². The Bertz CT molecular complexity index is 620. The lowest BCUT2D eigenvalue weighted by Gasteiger charge is -2.19. The van der Waals surface area contributed by atoms with Gasteiger partial charge in [-0.25, -0.2) is 4.98 Å². The van der Waals surface area contributed by atoms with Gasteiger partial charge in [0, 0.05) is 23.5 Å². The number of halogens is 3. The minimum atomic E-state index is -4.30. The highest BCUT2D eigenvalue weighted by Gasteiger charge is 2.31. The minimum Gasteiger partial charge on any atom is -0.313 e. The number of alkyl halides is 3. The molecule has 2 nitrogen and oxygen atoms in total. The molecule has 0 aliphatic rings. The number of likely N-dealkylation sites (N-methyl/N-ethyl adjacent to an activating group) is 1. The molecule has 2 rings (SSSR count).